The minimum absolute atomic E-state index is 0.568. The predicted molar refractivity (Wildman–Crippen MR) is 67.2 cm³/mol. The van der Waals surface area contributed by atoms with Crippen molar-refractivity contribution in [1.29, 1.82) is 0 Å². The molecule has 15 heavy (non-hydrogen) atoms. The third kappa shape index (κ3) is 4.06. The van der Waals surface area contributed by atoms with Crippen LogP contribution in [0.25, 0.3) is 0 Å². The molecule has 0 saturated carbocycles. The number of nitrogens with one attached hydrogen (secondary N) is 1. The topological polar surface area (TPSA) is 21.3 Å². The van der Waals surface area contributed by atoms with E-state index in [4.69, 9.17) is 4.74 Å². The van der Waals surface area contributed by atoms with Gasteiger partial charge >= 0.3 is 0 Å². The molecule has 0 bridgehead atoms. The minimum atomic E-state index is 0.568. The Labute approximate surface area is 99.5 Å². The summed E-state index contributed by atoms with van der Waals surface area (Å²) in [5, 5.41) is 3.12. The Morgan fingerprint density at radius 1 is 1.53 bits per heavy atom. The molecular formula is C12H16BrNO. The Balaban J connectivity index is 2.80. The molecular weight excluding hydrogens is 254 g/mol. The van der Waals surface area contributed by atoms with Gasteiger partial charge in [-0.3, -0.25) is 0 Å². The highest BCUT2D eigenvalue weighted by atomic mass is 79.9. The highest BCUT2D eigenvalue weighted by Gasteiger charge is 2.03. The second kappa shape index (κ2) is 5.93. The fourth-order valence-electron chi connectivity index (χ4n) is 1.22. The van der Waals surface area contributed by atoms with Gasteiger partial charge in [0.05, 0.1) is 0 Å². The molecule has 0 spiro atoms. The lowest BCUT2D eigenvalue weighted by molar-refractivity contribution is 0.348. The molecule has 0 aliphatic rings. The zero-order chi connectivity index (χ0) is 11.3. The van der Waals surface area contributed by atoms with Crippen molar-refractivity contribution >= 4 is 15.9 Å². The molecule has 82 valence electrons. The first kappa shape index (κ1) is 12.3. The van der Waals surface area contributed by atoms with Crippen molar-refractivity contribution in [3.05, 3.63) is 40.4 Å². The second-order valence-electron chi connectivity index (χ2n) is 3.53. The van der Waals surface area contributed by atoms with Crippen LogP contribution >= 0.6 is 15.9 Å². The lowest BCUT2D eigenvalue weighted by Crippen LogP contribution is -2.08. The molecule has 0 fully saturated rings. The molecule has 0 aliphatic carbocycles. The van der Waals surface area contributed by atoms with Crippen molar-refractivity contribution in [2.24, 2.45) is 0 Å². The quantitative estimate of drug-likeness (QED) is 0.830. The average Bonchev–Trinajstić information content (AvgIpc) is 2.17. The van der Waals surface area contributed by atoms with E-state index in [1.165, 1.54) is 0 Å². The standard InChI is InChI=1S/C12H16BrNO/c1-9(2)8-15-12-5-4-11(13)6-10(12)7-14-3/h4-6,14H,1,7-8H2,2-3H3. The van der Waals surface area contributed by atoms with E-state index in [2.05, 4.69) is 33.9 Å². The van der Waals surface area contributed by atoms with E-state index in [0.29, 0.717) is 6.61 Å². The Morgan fingerprint density at radius 3 is 2.87 bits per heavy atom. The molecule has 0 aliphatic heterocycles. The molecule has 1 aromatic rings. The third-order valence-electron chi connectivity index (χ3n) is 1.86. The molecule has 1 N–H and O–H groups in total. The summed E-state index contributed by atoms with van der Waals surface area (Å²) in [6.07, 6.45) is 0. The number of hydrogen-bond donors (Lipinski definition) is 1. The molecule has 0 amide bonds. The van der Waals surface area contributed by atoms with Gasteiger partial charge in [-0.2, -0.15) is 0 Å². The van der Waals surface area contributed by atoms with Crippen LogP contribution in [0.3, 0.4) is 0 Å². The lowest BCUT2D eigenvalue weighted by Gasteiger charge is -2.11. The summed E-state index contributed by atoms with van der Waals surface area (Å²) >= 11 is 3.45. The van der Waals surface area contributed by atoms with E-state index in [0.717, 1.165) is 27.9 Å². The van der Waals surface area contributed by atoms with Gasteiger partial charge in [0.15, 0.2) is 0 Å². The van der Waals surface area contributed by atoms with Crippen molar-refractivity contribution < 1.29 is 4.74 Å². The number of rotatable bonds is 5. The Bertz CT molecular complexity index is 349. The third-order valence-corrected chi connectivity index (χ3v) is 2.36. The van der Waals surface area contributed by atoms with Crippen LogP contribution in [0.15, 0.2) is 34.8 Å². The van der Waals surface area contributed by atoms with Gasteiger partial charge in [-0.25, -0.2) is 0 Å². The minimum Gasteiger partial charge on any atom is -0.489 e. The van der Waals surface area contributed by atoms with Crippen LogP contribution in [0.4, 0.5) is 0 Å². The maximum absolute atomic E-state index is 5.65. The zero-order valence-electron chi connectivity index (χ0n) is 9.14. The molecule has 0 saturated heterocycles. The highest BCUT2D eigenvalue weighted by Crippen LogP contribution is 2.23. The van der Waals surface area contributed by atoms with Gasteiger partial charge in [-0.15, -0.1) is 0 Å². The maximum Gasteiger partial charge on any atom is 0.124 e. The molecule has 1 aromatic carbocycles. The number of ether oxygens (including phenoxy) is 1. The summed E-state index contributed by atoms with van der Waals surface area (Å²) < 4.78 is 6.71. The van der Waals surface area contributed by atoms with E-state index in [1.807, 2.05) is 26.1 Å². The Hall–Kier alpha value is -0.800. The molecule has 2 nitrogen and oxygen atoms in total. The average molecular weight is 270 g/mol. The zero-order valence-corrected chi connectivity index (χ0v) is 10.7. The fourth-order valence-corrected chi connectivity index (χ4v) is 1.63. The molecule has 0 atom stereocenters. The summed E-state index contributed by atoms with van der Waals surface area (Å²) in [5.41, 5.74) is 2.17. The molecule has 3 heteroatoms. The van der Waals surface area contributed by atoms with Crippen molar-refractivity contribution in [1.82, 2.24) is 5.32 Å². The molecule has 1 rings (SSSR count). The SMILES string of the molecule is C=C(C)COc1ccc(Br)cc1CNC. The summed E-state index contributed by atoms with van der Waals surface area (Å²) in [4.78, 5) is 0. The van der Waals surface area contributed by atoms with Gasteiger partial charge in [0.2, 0.25) is 0 Å². The van der Waals surface area contributed by atoms with Crippen LogP contribution in [0.2, 0.25) is 0 Å². The van der Waals surface area contributed by atoms with Crippen LogP contribution in [0, 0.1) is 0 Å². The Morgan fingerprint density at radius 2 is 2.27 bits per heavy atom. The lowest BCUT2D eigenvalue weighted by atomic mass is 10.2. The number of benzene rings is 1. The van der Waals surface area contributed by atoms with E-state index in [1.54, 1.807) is 0 Å². The summed E-state index contributed by atoms with van der Waals surface area (Å²) in [7, 11) is 1.92. The summed E-state index contributed by atoms with van der Waals surface area (Å²) in [5.74, 6) is 0.913. The van der Waals surface area contributed by atoms with Gasteiger partial charge in [0, 0.05) is 16.6 Å². The molecule has 0 aromatic heterocycles. The number of halogens is 1. The first-order chi connectivity index (χ1) is 7.13. The van der Waals surface area contributed by atoms with E-state index in [-0.39, 0.29) is 0 Å². The second-order valence-corrected chi connectivity index (χ2v) is 4.44. The summed E-state index contributed by atoms with van der Waals surface area (Å²) in [6.45, 7) is 7.13. The first-order valence-electron chi connectivity index (χ1n) is 4.83. The van der Waals surface area contributed by atoms with Crippen LogP contribution < -0.4 is 10.1 Å². The normalized spacial score (nSPS) is 10.1. The molecule has 0 heterocycles. The first-order valence-corrected chi connectivity index (χ1v) is 5.63. The van der Waals surface area contributed by atoms with Gasteiger partial charge < -0.3 is 10.1 Å². The molecule has 0 unspecified atom stereocenters. The maximum atomic E-state index is 5.65. The largest absolute Gasteiger partial charge is 0.489 e. The highest BCUT2D eigenvalue weighted by molar-refractivity contribution is 9.10. The van der Waals surface area contributed by atoms with Crippen molar-refractivity contribution in [3.63, 3.8) is 0 Å². The predicted octanol–water partition coefficient (Wildman–Crippen LogP) is 3.12. The molecule has 0 radical (unpaired) electrons. The van der Waals surface area contributed by atoms with Gasteiger partial charge in [-0.1, -0.05) is 22.5 Å². The smallest absolute Gasteiger partial charge is 0.124 e. The van der Waals surface area contributed by atoms with E-state index < -0.39 is 0 Å². The van der Waals surface area contributed by atoms with Gasteiger partial charge in [-0.05, 0) is 37.7 Å². The van der Waals surface area contributed by atoms with E-state index >= 15 is 0 Å². The number of hydrogen-bond acceptors (Lipinski definition) is 2. The van der Waals surface area contributed by atoms with Crippen LogP contribution in [-0.4, -0.2) is 13.7 Å². The van der Waals surface area contributed by atoms with Crippen LogP contribution in [0.5, 0.6) is 5.75 Å². The van der Waals surface area contributed by atoms with Crippen molar-refractivity contribution in [2.75, 3.05) is 13.7 Å². The van der Waals surface area contributed by atoms with E-state index in [9.17, 15) is 0 Å². The van der Waals surface area contributed by atoms with Gasteiger partial charge in [0.1, 0.15) is 12.4 Å². The van der Waals surface area contributed by atoms with Crippen molar-refractivity contribution in [2.45, 2.75) is 13.5 Å². The monoisotopic (exact) mass is 269 g/mol. The van der Waals surface area contributed by atoms with Crippen LogP contribution in [-0.2, 0) is 6.54 Å². The van der Waals surface area contributed by atoms with Crippen LogP contribution in [0.1, 0.15) is 12.5 Å². The van der Waals surface area contributed by atoms with Crippen molar-refractivity contribution in [3.8, 4) is 5.75 Å². The van der Waals surface area contributed by atoms with Gasteiger partial charge in [0.25, 0.3) is 0 Å². The summed E-state index contributed by atoms with van der Waals surface area (Å²) in [6, 6.07) is 6.01. The fraction of sp³-hybridized carbons (Fsp3) is 0.333. The Kier molecular flexibility index (Phi) is 4.85.